The SMILES string of the molecule is CCOc1ccc(NC(=O)C2CCCN(C(=O)N(CC)CC)C2)cc1S(=O)(=O)N(C)C. The zero-order chi connectivity index (χ0) is 23.2. The van der Waals surface area contributed by atoms with Gasteiger partial charge in [0.25, 0.3) is 0 Å². The third-order valence-electron chi connectivity index (χ3n) is 5.37. The molecule has 1 aliphatic rings. The summed E-state index contributed by atoms with van der Waals surface area (Å²) in [6.45, 7) is 8.18. The van der Waals surface area contributed by atoms with Crippen LogP contribution in [0.5, 0.6) is 5.75 Å². The van der Waals surface area contributed by atoms with E-state index in [0.717, 1.165) is 10.7 Å². The van der Waals surface area contributed by atoms with Crippen molar-refractivity contribution in [2.75, 3.05) is 52.2 Å². The third kappa shape index (κ3) is 5.88. The van der Waals surface area contributed by atoms with Crippen LogP contribution in [0.2, 0.25) is 0 Å². The number of rotatable bonds is 8. The van der Waals surface area contributed by atoms with Crippen LogP contribution < -0.4 is 10.1 Å². The second-order valence-corrected chi connectivity index (χ2v) is 9.73. The Balaban J connectivity index is 2.18. The monoisotopic (exact) mass is 454 g/mol. The van der Waals surface area contributed by atoms with Crippen molar-refractivity contribution in [3.63, 3.8) is 0 Å². The highest BCUT2D eigenvalue weighted by atomic mass is 32.2. The zero-order valence-electron chi connectivity index (χ0n) is 19.1. The first-order valence-corrected chi connectivity index (χ1v) is 12.1. The van der Waals surface area contributed by atoms with Crippen molar-refractivity contribution in [2.24, 2.45) is 5.92 Å². The van der Waals surface area contributed by atoms with Crippen LogP contribution in [-0.4, -0.2) is 81.3 Å². The molecule has 1 aliphatic heterocycles. The minimum atomic E-state index is -3.75. The van der Waals surface area contributed by atoms with E-state index in [1.54, 1.807) is 28.9 Å². The second kappa shape index (κ2) is 10.8. The minimum absolute atomic E-state index is 0.000804. The van der Waals surface area contributed by atoms with E-state index in [1.165, 1.54) is 20.2 Å². The van der Waals surface area contributed by atoms with Crippen molar-refractivity contribution in [1.29, 1.82) is 0 Å². The highest BCUT2D eigenvalue weighted by Crippen LogP contribution is 2.30. The van der Waals surface area contributed by atoms with E-state index in [9.17, 15) is 18.0 Å². The molecule has 1 aromatic rings. The van der Waals surface area contributed by atoms with Crippen molar-refractivity contribution >= 4 is 27.6 Å². The number of nitrogens with zero attached hydrogens (tertiary/aromatic N) is 3. The van der Waals surface area contributed by atoms with E-state index in [-0.39, 0.29) is 28.5 Å². The first kappa shape index (κ1) is 24.9. The fraction of sp³-hybridized carbons (Fsp3) is 0.619. The Labute approximate surface area is 185 Å². The van der Waals surface area contributed by atoms with Crippen molar-refractivity contribution in [2.45, 2.75) is 38.5 Å². The van der Waals surface area contributed by atoms with Crippen molar-refractivity contribution in [3.05, 3.63) is 18.2 Å². The largest absolute Gasteiger partial charge is 0.492 e. The Bertz CT molecular complexity index is 884. The summed E-state index contributed by atoms with van der Waals surface area (Å²) in [5, 5.41) is 2.82. The fourth-order valence-electron chi connectivity index (χ4n) is 3.56. The lowest BCUT2D eigenvalue weighted by Gasteiger charge is -2.35. The first-order chi connectivity index (χ1) is 14.6. The summed E-state index contributed by atoms with van der Waals surface area (Å²) in [5.41, 5.74) is 0.376. The lowest BCUT2D eigenvalue weighted by molar-refractivity contribution is -0.121. The van der Waals surface area contributed by atoms with Crippen molar-refractivity contribution in [3.8, 4) is 5.75 Å². The van der Waals surface area contributed by atoms with E-state index in [0.29, 0.717) is 44.9 Å². The molecular weight excluding hydrogens is 420 g/mol. The van der Waals surface area contributed by atoms with Gasteiger partial charge in [0.15, 0.2) is 0 Å². The van der Waals surface area contributed by atoms with E-state index in [2.05, 4.69) is 5.32 Å². The van der Waals surface area contributed by atoms with Crippen molar-refractivity contribution < 1.29 is 22.7 Å². The molecule has 0 aromatic heterocycles. The quantitative estimate of drug-likeness (QED) is 0.650. The average Bonchev–Trinajstić information content (AvgIpc) is 2.75. The molecule has 1 fully saturated rings. The van der Waals surface area contributed by atoms with Gasteiger partial charge in [0.05, 0.1) is 12.5 Å². The lowest BCUT2D eigenvalue weighted by atomic mass is 9.97. The molecule has 2 rings (SSSR count). The number of hydrogen-bond donors (Lipinski definition) is 1. The summed E-state index contributed by atoms with van der Waals surface area (Å²) in [6, 6.07) is 4.54. The molecule has 1 N–H and O–H groups in total. The molecule has 0 aliphatic carbocycles. The average molecular weight is 455 g/mol. The third-order valence-corrected chi connectivity index (χ3v) is 7.20. The number of benzene rings is 1. The van der Waals surface area contributed by atoms with Gasteiger partial charge in [-0.15, -0.1) is 0 Å². The number of carbonyl (C=O) groups is 2. The molecule has 3 amide bonds. The van der Waals surface area contributed by atoms with Gasteiger partial charge in [-0.2, -0.15) is 0 Å². The van der Waals surface area contributed by atoms with Crippen molar-refractivity contribution in [1.82, 2.24) is 14.1 Å². The molecule has 1 atom stereocenters. The summed E-state index contributed by atoms with van der Waals surface area (Å²) in [6.07, 6.45) is 1.42. The predicted molar refractivity (Wildman–Crippen MR) is 120 cm³/mol. The van der Waals surface area contributed by atoms with Gasteiger partial charge < -0.3 is 19.9 Å². The normalized spacial score (nSPS) is 16.8. The first-order valence-electron chi connectivity index (χ1n) is 10.7. The minimum Gasteiger partial charge on any atom is -0.492 e. The molecule has 0 spiro atoms. The summed E-state index contributed by atoms with van der Waals surface area (Å²) in [5.74, 6) is -0.342. The summed E-state index contributed by atoms with van der Waals surface area (Å²) in [4.78, 5) is 29.0. The molecule has 174 valence electrons. The molecule has 0 saturated carbocycles. The molecular formula is C21H34N4O5S. The summed E-state index contributed by atoms with van der Waals surface area (Å²) >= 11 is 0. The van der Waals surface area contributed by atoms with Crippen LogP contribution in [0.4, 0.5) is 10.5 Å². The highest BCUT2D eigenvalue weighted by Gasteiger charge is 2.30. The number of ether oxygens (including phenoxy) is 1. The maximum absolute atomic E-state index is 12.9. The molecule has 1 heterocycles. The number of carbonyl (C=O) groups excluding carboxylic acids is 2. The molecule has 9 nitrogen and oxygen atoms in total. The summed E-state index contributed by atoms with van der Waals surface area (Å²) in [7, 11) is -0.861. The number of anilines is 1. The number of piperidine rings is 1. The van der Waals surface area contributed by atoms with E-state index in [4.69, 9.17) is 4.74 Å². The van der Waals surface area contributed by atoms with Gasteiger partial charge >= 0.3 is 6.03 Å². The maximum Gasteiger partial charge on any atom is 0.320 e. The fourth-order valence-corrected chi connectivity index (χ4v) is 4.61. The Morgan fingerprint density at radius 1 is 1.19 bits per heavy atom. The molecule has 0 bridgehead atoms. The Morgan fingerprint density at radius 3 is 2.45 bits per heavy atom. The molecule has 0 radical (unpaired) electrons. The Hall–Kier alpha value is -2.33. The number of likely N-dealkylation sites (tertiary alicyclic amines) is 1. The molecule has 1 aromatic carbocycles. The predicted octanol–water partition coefficient (Wildman–Crippen LogP) is 2.45. The van der Waals surface area contributed by atoms with E-state index >= 15 is 0 Å². The number of urea groups is 1. The molecule has 31 heavy (non-hydrogen) atoms. The molecule has 10 heteroatoms. The number of amides is 3. The molecule has 1 unspecified atom stereocenters. The Kier molecular flexibility index (Phi) is 8.69. The topological polar surface area (TPSA) is 99.3 Å². The van der Waals surface area contributed by atoms with Gasteiger partial charge in [0.2, 0.25) is 15.9 Å². The van der Waals surface area contributed by atoms with Crippen LogP contribution in [0, 0.1) is 5.92 Å². The van der Waals surface area contributed by atoms with Crippen LogP contribution in [-0.2, 0) is 14.8 Å². The number of nitrogens with one attached hydrogen (secondary N) is 1. The van der Waals surface area contributed by atoms with E-state index < -0.39 is 10.0 Å². The van der Waals surface area contributed by atoms with Gasteiger partial charge in [-0.05, 0) is 51.8 Å². The van der Waals surface area contributed by atoms with Crippen LogP contribution in [0.3, 0.4) is 0 Å². The summed E-state index contributed by atoms with van der Waals surface area (Å²) < 4.78 is 32.0. The lowest BCUT2D eigenvalue weighted by Crippen LogP contribution is -2.49. The van der Waals surface area contributed by atoms with Gasteiger partial charge in [-0.1, -0.05) is 0 Å². The Morgan fingerprint density at radius 2 is 1.87 bits per heavy atom. The van der Waals surface area contributed by atoms with E-state index in [1.807, 2.05) is 13.8 Å². The van der Waals surface area contributed by atoms with Crippen LogP contribution >= 0.6 is 0 Å². The zero-order valence-corrected chi connectivity index (χ0v) is 19.9. The van der Waals surface area contributed by atoms with Gasteiger partial charge in [0.1, 0.15) is 10.6 Å². The highest BCUT2D eigenvalue weighted by molar-refractivity contribution is 7.89. The van der Waals surface area contributed by atoms with Gasteiger partial charge in [-0.3, -0.25) is 4.79 Å². The van der Waals surface area contributed by atoms with Gasteiger partial charge in [0, 0.05) is 46.0 Å². The number of sulfonamides is 1. The van der Waals surface area contributed by atoms with Gasteiger partial charge in [-0.25, -0.2) is 17.5 Å². The smallest absolute Gasteiger partial charge is 0.320 e. The second-order valence-electron chi connectivity index (χ2n) is 7.61. The van der Waals surface area contributed by atoms with Crippen LogP contribution in [0.25, 0.3) is 0 Å². The molecule has 1 saturated heterocycles. The van der Waals surface area contributed by atoms with Crippen LogP contribution in [0.15, 0.2) is 23.1 Å². The standard InChI is InChI=1S/C21H34N4O5S/c1-6-24(7-2)21(27)25-13-9-10-16(15-25)20(26)22-17-11-12-18(30-8-3)19(14-17)31(28,29)23(4)5/h11-12,14,16H,6-10,13,15H2,1-5H3,(H,22,26). The maximum atomic E-state index is 12.9. The number of hydrogen-bond acceptors (Lipinski definition) is 5. The van der Waals surface area contributed by atoms with Crippen LogP contribution in [0.1, 0.15) is 33.6 Å².